The molecule has 0 aliphatic heterocycles. The summed E-state index contributed by atoms with van der Waals surface area (Å²) in [7, 11) is -3.69. The number of nitrogens with one attached hydrogen (secondary N) is 2. The van der Waals surface area contributed by atoms with E-state index in [9.17, 15) is 18.5 Å². The van der Waals surface area contributed by atoms with E-state index in [4.69, 9.17) is 0 Å². The van der Waals surface area contributed by atoms with Crippen LogP contribution in [-0.4, -0.2) is 35.1 Å². The molecular weight excluding hydrogens is 286 g/mol. The van der Waals surface area contributed by atoms with Crippen LogP contribution in [0.3, 0.4) is 0 Å². The van der Waals surface area contributed by atoms with Crippen molar-refractivity contribution in [1.82, 2.24) is 19.9 Å². The number of nitro benzene ring substituents is 1. The van der Waals surface area contributed by atoms with Crippen LogP contribution in [0.1, 0.15) is 5.82 Å². The van der Waals surface area contributed by atoms with Crippen molar-refractivity contribution in [3.63, 3.8) is 0 Å². The molecule has 0 aliphatic carbocycles. The number of benzene rings is 1. The van der Waals surface area contributed by atoms with Crippen molar-refractivity contribution in [3.05, 3.63) is 46.5 Å². The normalized spacial score (nSPS) is 11.4. The van der Waals surface area contributed by atoms with Gasteiger partial charge in [0.05, 0.1) is 9.82 Å². The number of hydrogen-bond acceptors (Lipinski definition) is 6. The molecule has 2 N–H and O–H groups in total. The van der Waals surface area contributed by atoms with Gasteiger partial charge < -0.3 is 0 Å². The van der Waals surface area contributed by atoms with Crippen molar-refractivity contribution < 1.29 is 13.3 Å². The SMILES string of the molecule is O=[N+]([O-])c1ccc(S(=O)(=O)NCCc2ncn[nH]2)cc1. The number of sulfonamides is 1. The standard InChI is InChI=1S/C10H11N5O4S/c16-15(17)8-1-3-9(4-2-8)20(18,19)13-6-5-10-11-7-12-14-10/h1-4,7,13H,5-6H2,(H,11,12,14). The Balaban J connectivity index is 2.00. The molecule has 9 nitrogen and oxygen atoms in total. The van der Waals surface area contributed by atoms with Crippen LogP contribution in [0.2, 0.25) is 0 Å². The van der Waals surface area contributed by atoms with Crippen LogP contribution in [0.15, 0.2) is 35.5 Å². The quantitative estimate of drug-likeness (QED) is 0.579. The number of aromatic amines is 1. The molecule has 0 saturated carbocycles. The highest BCUT2D eigenvalue weighted by Crippen LogP contribution is 2.15. The Labute approximate surface area is 114 Å². The summed E-state index contributed by atoms with van der Waals surface area (Å²) >= 11 is 0. The van der Waals surface area contributed by atoms with Crippen molar-refractivity contribution in [1.29, 1.82) is 0 Å². The molecule has 1 aromatic carbocycles. The van der Waals surface area contributed by atoms with Crippen molar-refractivity contribution in [3.8, 4) is 0 Å². The van der Waals surface area contributed by atoms with E-state index >= 15 is 0 Å². The molecule has 1 aromatic heterocycles. The molecule has 1 heterocycles. The van der Waals surface area contributed by atoms with E-state index in [1.54, 1.807) is 0 Å². The summed E-state index contributed by atoms with van der Waals surface area (Å²) in [5.41, 5.74) is -0.161. The number of H-pyrrole nitrogens is 1. The van der Waals surface area contributed by atoms with Crippen LogP contribution in [0.4, 0.5) is 5.69 Å². The molecule has 0 spiro atoms. The molecule has 0 bridgehead atoms. The van der Waals surface area contributed by atoms with Crippen molar-refractivity contribution in [2.24, 2.45) is 0 Å². The third-order valence-corrected chi connectivity index (χ3v) is 3.95. The molecule has 0 amide bonds. The number of aromatic nitrogens is 3. The summed E-state index contributed by atoms with van der Waals surface area (Å²) in [4.78, 5) is 13.7. The van der Waals surface area contributed by atoms with Gasteiger partial charge in [-0.15, -0.1) is 0 Å². The average Bonchev–Trinajstić information content (AvgIpc) is 2.92. The summed E-state index contributed by atoms with van der Waals surface area (Å²) in [6.45, 7) is 0.147. The van der Waals surface area contributed by atoms with Gasteiger partial charge >= 0.3 is 0 Å². The molecule has 10 heteroatoms. The fourth-order valence-corrected chi connectivity index (χ4v) is 2.52. The van der Waals surface area contributed by atoms with Gasteiger partial charge in [-0.3, -0.25) is 15.2 Å². The Kier molecular flexibility index (Phi) is 4.05. The summed E-state index contributed by atoms with van der Waals surface area (Å²) in [5.74, 6) is 0.566. The maximum absolute atomic E-state index is 11.9. The summed E-state index contributed by atoms with van der Waals surface area (Å²) < 4.78 is 26.2. The molecule has 2 aromatic rings. The molecule has 0 atom stereocenters. The Morgan fingerprint density at radius 2 is 2.00 bits per heavy atom. The number of nitrogens with zero attached hydrogens (tertiary/aromatic N) is 3. The van der Waals surface area contributed by atoms with Gasteiger partial charge in [0.25, 0.3) is 5.69 Å². The molecule has 0 saturated heterocycles. The van der Waals surface area contributed by atoms with E-state index in [1.807, 2.05) is 0 Å². The minimum absolute atomic E-state index is 0.0272. The summed E-state index contributed by atoms with van der Waals surface area (Å²) in [5, 5.41) is 16.7. The van der Waals surface area contributed by atoms with E-state index < -0.39 is 14.9 Å². The topological polar surface area (TPSA) is 131 Å². The first-order chi connectivity index (χ1) is 9.49. The van der Waals surface area contributed by atoms with Gasteiger partial charge in [-0.25, -0.2) is 18.1 Å². The second-order valence-electron chi connectivity index (χ2n) is 3.83. The fourth-order valence-electron chi connectivity index (χ4n) is 1.49. The number of rotatable bonds is 6. The number of non-ortho nitro benzene ring substituents is 1. The highest BCUT2D eigenvalue weighted by Gasteiger charge is 2.15. The largest absolute Gasteiger partial charge is 0.269 e. The second-order valence-corrected chi connectivity index (χ2v) is 5.60. The maximum atomic E-state index is 11.9. The van der Waals surface area contributed by atoms with E-state index in [2.05, 4.69) is 19.9 Å². The van der Waals surface area contributed by atoms with Gasteiger partial charge in [0.15, 0.2) is 0 Å². The number of hydrogen-bond donors (Lipinski definition) is 2. The zero-order valence-electron chi connectivity index (χ0n) is 10.2. The van der Waals surface area contributed by atoms with Crippen molar-refractivity contribution in [2.45, 2.75) is 11.3 Å². The predicted octanol–water partition coefficient (Wildman–Crippen LogP) is 0.234. The lowest BCUT2D eigenvalue weighted by molar-refractivity contribution is -0.384. The third kappa shape index (κ3) is 3.36. The van der Waals surface area contributed by atoms with Crippen LogP contribution in [0.5, 0.6) is 0 Å². The van der Waals surface area contributed by atoms with Crippen LogP contribution in [0, 0.1) is 10.1 Å². The average molecular weight is 297 g/mol. The van der Waals surface area contributed by atoms with Gasteiger partial charge in [-0.1, -0.05) is 0 Å². The predicted molar refractivity (Wildman–Crippen MR) is 68.4 cm³/mol. The Morgan fingerprint density at radius 3 is 2.55 bits per heavy atom. The first kappa shape index (κ1) is 14.1. The van der Waals surface area contributed by atoms with Crippen molar-refractivity contribution in [2.75, 3.05) is 6.54 Å². The molecule has 0 aliphatic rings. The molecule has 20 heavy (non-hydrogen) atoms. The third-order valence-electron chi connectivity index (χ3n) is 2.48. The molecule has 106 valence electrons. The minimum atomic E-state index is -3.69. The summed E-state index contributed by atoms with van der Waals surface area (Å²) in [6, 6.07) is 4.67. The second kappa shape index (κ2) is 5.75. The Bertz CT molecular complexity index is 681. The van der Waals surface area contributed by atoms with E-state index in [1.165, 1.54) is 18.5 Å². The highest BCUT2D eigenvalue weighted by molar-refractivity contribution is 7.89. The van der Waals surface area contributed by atoms with Crippen LogP contribution in [-0.2, 0) is 16.4 Å². The van der Waals surface area contributed by atoms with Crippen molar-refractivity contribution >= 4 is 15.7 Å². The molecular formula is C10H11N5O4S. The lowest BCUT2D eigenvalue weighted by Crippen LogP contribution is -2.26. The van der Waals surface area contributed by atoms with E-state index in [0.29, 0.717) is 12.2 Å². The lowest BCUT2D eigenvalue weighted by Gasteiger charge is -2.05. The number of nitro groups is 1. The van der Waals surface area contributed by atoms with Gasteiger partial charge in [0.1, 0.15) is 12.2 Å². The van der Waals surface area contributed by atoms with Gasteiger partial charge in [0, 0.05) is 25.1 Å². The van der Waals surface area contributed by atoms with E-state index in [0.717, 1.165) is 12.1 Å². The summed E-state index contributed by atoms with van der Waals surface area (Å²) in [6.07, 6.45) is 1.70. The Morgan fingerprint density at radius 1 is 1.30 bits per heavy atom. The van der Waals surface area contributed by atoms with Gasteiger partial charge in [-0.2, -0.15) is 5.10 Å². The molecule has 0 unspecified atom stereocenters. The van der Waals surface area contributed by atoms with Gasteiger partial charge in [0.2, 0.25) is 10.0 Å². The molecule has 2 rings (SSSR count). The van der Waals surface area contributed by atoms with E-state index in [-0.39, 0.29) is 17.1 Å². The van der Waals surface area contributed by atoms with Crippen LogP contribution in [0.25, 0.3) is 0 Å². The zero-order valence-corrected chi connectivity index (χ0v) is 11.0. The zero-order chi connectivity index (χ0) is 14.6. The Hall–Kier alpha value is -2.33. The highest BCUT2D eigenvalue weighted by atomic mass is 32.2. The smallest absolute Gasteiger partial charge is 0.263 e. The minimum Gasteiger partial charge on any atom is -0.263 e. The van der Waals surface area contributed by atoms with Crippen LogP contribution >= 0.6 is 0 Å². The van der Waals surface area contributed by atoms with Crippen LogP contribution < -0.4 is 4.72 Å². The van der Waals surface area contributed by atoms with Gasteiger partial charge in [-0.05, 0) is 12.1 Å². The maximum Gasteiger partial charge on any atom is 0.269 e. The molecule has 0 fully saturated rings. The fraction of sp³-hybridized carbons (Fsp3) is 0.200. The lowest BCUT2D eigenvalue weighted by atomic mass is 10.3. The first-order valence-corrected chi connectivity index (χ1v) is 7.06. The monoisotopic (exact) mass is 297 g/mol. The molecule has 0 radical (unpaired) electrons. The first-order valence-electron chi connectivity index (χ1n) is 5.57.